The van der Waals surface area contributed by atoms with E-state index in [-0.39, 0.29) is 11.9 Å². The Balaban J connectivity index is 2.03. The maximum atomic E-state index is 13.2. The van der Waals surface area contributed by atoms with Crippen LogP contribution in [0.5, 0.6) is 0 Å². The fourth-order valence-electron chi connectivity index (χ4n) is 1.96. The Hall–Kier alpha value is -1.72. The van der Waals surface area contributed by atoms with Gasteiger partial charge in [-0.05, 0) is 43.2 Å². The van der Waals surface area contributed by atoms with E-state index in [2.05, 4.69) is 5.32 Å². The van der Waals surface area contributed by atoms with Crippen LogP contribution >= 0.6 is 11.3 Å². The Morgan fingerprint density at radius 3 is 2.80 bits per heavy atom. The molecule has 0 aliphatic carbocycles. The summed E-state index contributed by atoms with van der Waals surface area (Å²) in [6.07, 6.45) is 0. The van der Waals surface area contributed by atoms with Crippen molar-refractivity contribution in [3.63, 3.8) is 0 Å². The van der Waals surface area contributed by atoms with Gasteiger partial charge in [-0.25, -0.2) is 9.18 Å². The fourth-order valence-corrected chi connectivity index (χ4v) is 2.84. The van der Waals surface area contributed by atoms with Gasteiger partial charge in [0.2, 0.25) is 0 Å². The average molecular weight is 293 g/mol. The number of aryl methyl sites for hydroxylation is 1. The molecule has 2 N–H and O–H groups in total. The molecule has 0 aliphatic rings. The number of aromatic carboxylic acids is 1. The first kappa shape index (κ1) is 14.7. The van der Waals surface area contributed by atoms with Gasteiger partial charge in [-0.15, -0.1) is 11.3 Å². The second-order valence-electron chi connectivity index (χ2n) is 4.65. The smallest absolute Gasteiger partial charge is 0.345 e. The van der Waals surface area contributed by atoms with Crippen LogP contribution in [0.1, 0.15) is 38.6 Å². The first-order valence-corrected chi connectivity index (χ1v) is 7.10. The number of carbonyl (C=O) groups is 1. The summed E-state index contributed by atoms with van der Waals surface area (Å²) in [7, 11) is 0. The molecule has 2 aromatic rings. The van der Waals surface area contributed by atoms with Crippen molar-refractivity contribution in [3.05, 3.63) is 57.0 Å². The van der Waals surface area contributed by atoms with Gasteiger partial charge >= 0.3 is 5.97 Å². The van der Waals surface area contributed by atoms with Gasteiger partial charge in [0.25, 0.3) is 0 Å². The summed E-state index contributed by atoms with van der Waals surface area (Å²) >= 11 is 1.27. The molecule has 0 saturated carbocycles. The molecule has 0 saturated heterocycles. The second kappa shape index (κ2) is 6.15. The van der Waals surface area contributed by atoms with Crippen molar-refractivity contribution in [1.29, 1.82) is 0 Å². The molecule has 20 heavy (non-hydrogen) atoms. The Morgan fingerprint density at radius 1 is 1.45 bits per heavy atom. The first-order valence-electron chi connectivity index (χ1n) is 6.29. The van der Waals surface area contributed by atoms with Crippen molar-refractivity contribution in [1.82, 2.24) is 5.32 Å². The van der Waals surface area contributed by atoms with Crippen LogP contribution in [-0.4, -0.2) is 11.1 Å². The van der Waals surface area contributed by atoms with Crippen LogP contribution in [-0.2, 0) is 6.54 Å². The zero-order chi connectivity index (χ0) is 14.7. The Morgan fingerprint density at radius 2 is 2.20 bits per heavy atom. The standard InChI is InChI=1S/C15H16FNO2S/c1-9(11-4-3-5-13(16)6-11)17-8-12-7-14(15(18)19)20-10(12)2/h3-7,9,17H,8H2,1-2H3,(H,18,19)/t9-/m1/s1. The number of nitrogens with one attached hydrogen (secondary N) is 1. The zero-order valence-corrected chi connectivity index (χ0v) is 12.1. The lowest BCUT2D eigenvalue weighted by Gasteiger charge is -2.14. The van der Waals surface area contributed by atoms with E-state index in [4.69, 9.17) is 5.11 Å². The molecule has 1 aromatic heterocycles. The molecule has 106 valence electrons. The van der Waals surface area contributed by atoms with E-state index < -0.39 is 5.97 Å². The predicted molar refractivity (Wildman–Crippen MR) is 77.7 cm³/mol. The van der Waals surface area contributed by atoms with Gasteiger partial charge in [-0.1, -0.05) is 12.1 Å². The van der Waals surface area contributed by atoms with Gasteiger partial charge in [0.15, 0.2) is 0 Å². The molecular weight excluding hydrogens is 277 g/mol. The van der Waals surface area contributed by atoms with Crippen molar-refractivity contribution in [2.24, 2.45) is 0 Å². The summed E-state index contributed by atoms with van der Waals surface area (Å²) in [5, 5.41) is 12.2. The topological polar surface area (TPSA) is 49.3 Å². The van der Waals surface area contributed by atoms with E-state index in [1.807, 2.05) is 19.9 Å². The molecule has 1 aromatic carbocycles. The average Bonchev–Trinajstić information content (AvgIpc) is 2.77. The molecule has 0 bridgehead atoms. The van der Waals surface area contributed by atoms with Crippen LogP contribution in [0.2, 0.25) is 0 Å². The summed E-state index contributed by atoms with van der Waals surface area (Å²) < 4.78 is 13.2. The third-order valence-electron chi connectivity index (χ3n) is 3.18. The molecule has 0 unspecified atom stereocenters. The van der Waals surface area contributed by atoms with E-state index in [9.17, 15) is 9.18 Å². The Labute approximate surface area is 121 Å². The minimum Gasteiger partial charge on any atom is -0.477 e. The maximum absolute atomic E-state index is 13.2. The normalized spacial score (nSPS) is 12.3. The van der Waals surface area contributed by atoms with E-state index in [0.717, 1.165) is 16.0 Å². The highest BCUT2D eigenvalue weighted by Crippen LogP contribution is 2.22. The summed E-state index contributed by atoms with van der Waals surface area (Å²) in [6.45, 7) is 4.42. The Kier molecular flexibility index (Phi) is 4.52. The summed E-state index contributed by atoms with van der Waals surface area (Å²) in [6, 6.07) is 8.15. The zero-order valence-electron chi connectivity index (χ0n) is 11.3. The quantitative estimate of drug-likeness (QED) is 0.882. The highest BCUT2D eigenvalue weighted by Gasteiger charge is 2.12. The summed E-state index contributed by atoms with van der Waals surface area (Å²) in [5.41, 5.74) is 1.84. The molecule has 0 spiro atoms. The fraction of sp³-hybridized carbons (Fsp3) is 0.267. The lowest BCUT2D eigenvalue weighted by molar-refractivity contribution is 0.0702. The molecule has 3 nitrogen and oxygen atoms in total. The van der Waals surface area contributed by atoms with Gasteiger partial charge < -0.3 is 10.4 Å². The Bertz CT molecular complexity index is 624. The lowest BCUT2D eigenvalue weighted by atomic mass is 10.1. The van der Waals surface area contributed by atoms with Crippen molar-refractivity contribution in [2.45, 2.75) is 26.4 Å². The predicted octanol–water partition coefficient (Wildman–Crippen LogP) is 3.74. The molecule has 0 radical (unpaired) electrons. The minimum atomic E-state index is -0.900. The number of thiophene rings is 1. The third kappa shape index (κ3) is 3.43. The van der Waals surface area contributed by atoms with Crippen LogP contribution in [0.4, 0.5) is 4.39 Å². The largest absolute Gasteiger partial charge is 0.477 e. The monoisotopic (exact) mass is 293 g/mol. The number of halogens is 1. The summed E-state index contributed by atoms with van der Waals surface area (Å²) in [5.74, 6) is -1.15. The van der Waals surface area contributed by atoms with Crippen LogP contribution in [0.25, 0.3) is 0 Å². The lowest BCUT2D eigenvalue weighted by Crippen LogP contribution is -2.18. The van der Waals surface area contributed by atoms with Crippen molar-refractivity contribution < 1.29 is 14.3 Å². The van der Waals surface area contributed by atoms with Crippen LogP contribution < -0.4 is 5.32 Å². The van der Waals surface area contributed by atoms with Gasteiger partial charge in [-0.3, -0.25) is 0 Å². The van der Waals surface area contributed by atoms with E-state index >= 15 is 0 Å². The van der Waals surface area contributed by atoms with Gasteiger partial charge in [0, 0.05) is 17.5 Å². The van der Waals surface area contributed by atoms with Crippen molar-refractivity contribution in [2.75, 3.05) is 0 Å². The molecular formula is C15H16FNO2S. The number of carboxylic acid groups (broad SMARTS) is 1. The summed E-state index contributed by atoms with van der Waals surface area (Å²) in [4.78, 5) is 12.2. The van der Waals surface area contributed by atoms with E-state index in [0.29, 0.717) is 11.4 Å². The number of rotatable bonds is 5. The van der Waals surface area contributed by atoms with E-state index in [1.54, 1.807) is 12.1 Å². The minimum absolute atomic E-state index is 0.00159. The van der Waals surface area contributed by atoms with Crippen molar-refractivity contribution in [3.8, 4) is 0 Å². The van der Waals surface area contributed by atoms with E-state index in [1.165, 1.54) is 23.5 Å². The molecule has 1 heterocycles. The maximum Gasteiger partial charge on any atom is 0.345 e. The van der Waals surface area contributed by atoms with Crippen LogP contribution in [0.15, 0.2) is 30.3 Å². The van der Waals surface area contributed by atoms with Crippen molar-refractivity contribution >= 4 is 17.3 Å². The number of hydrogen-bond acceptors (Lipinski definition) is 3. The highest BCUT2D eigenvalue weighted by atomic mass is 32.1. The number of hydrogen-bond donors (Lipinski definition) is 2. The van der Waals surface area contributed by atoms with Crippen LogP contribution in [0, 0.1) is 12.7 Å². The van der Waals surface area contributed by atoms with Gasteiger partial charge in [-0.2, -0.15) is 0 Å². The molecule has 0 amide bonds. The highest BCUT2D eigenvalue weighted by molar-refractivity contribution is 7.14. The van der Waals surface area contributed by atoms with Gasteiger partial charge in [0.1, 0.15) is 10.7 Å². The first-order chi connectivity index (χ1) is 9.47. The molecule has 0 aliphatic heterocycles. The molecule has 5 heteroatoms. The molecule has 2 rings (SSSR count). The molecule has 1 atom stereocenters. The SMILES string of the molecule is Cc1sc(C(=O)O)cc1CN[C@H](C)c1cccc(F)c1. The van der Waals surface area contributed by atoms with Crippen LogP contribution in [0.3, 0.4) is 0 Å². The van der Waals surface area contributed by atoms with Gasteiger partial charge in [0.05, 0.1) is 0 Å². The number of benzene rings is 1. The second-order valence-corrected chi connectivity index (χ2v) is 5.91. The molecule has 0 fully saturated rings. The number of carboxylic acids is 1. The third-order valence-corrected chi connectivity index (χ3v) is 4.26.